The molecule has 2 rings (SSSR count). The van der Waals surface area contributed by atoms with E-state index in [2.05, 4.69) is 10.3 Å². The first-order valence-electron chi connectivity index (χ1n) is 5.98. The van der Waals surface area contributed by atoms with Crippen molar-refractivity contribution < 1.29 is 4.79 Å². The highest BCUT2D eigenvalue weighted by molar-refractivity contribution is 6.31. The SMILES string of the molecule is CNC(=O)C(C)n1c(C(C)Cl)nc2ccc(Cl)cc21. The van der Waals surface area contributed by atoms with Gasteiger partial charge in [-0.2, -0.15) is 0 Å². The number of alkyl halides is 1. The third-order valence-electron chi connectivity index (χ3n) is 3.05. The van der Waals surface area contributed by atoms with Crippen LogP contribution in [0.25, 0.3) is 11.0 Å². The molecule has 1 amide bonds. The van der Waals surface area contributed by atoms with Crippen molar-refractivity contribution in [3.05, 3.63) is 29.0 Å². The van der Waals surface area contributed by atoms with E-state index in [-0.39, 0.29) is 11.3 Å². The van der Waals surface area contributed by atoms with Crippen LogP contribution in [0.4, 0.5) is 0 Å². The predicted octanol–water partition coefficient (Wildman–Crippen LogP) is 3.30. The fraction of sp³-hybridized carbons (Fsp3) is 0.385. The molecule has 0 aliphatic heterocycles. The van der Waals surface area contributed by atoms with Gasteiger partial charge in [-0.3, -0.25) is 4.79 Å². The Bertz CT molecular complexity index is 622. The quantitative estimate of drug-likeness (QED) is 0.884. The smallest absolute Gasteiger partial charge is 0.242 e. The molecule has 2 aromatic rings. The lowest BCUT2D eigenvalue weighted by molar-refractivity contribution is -0.123. The van der Waals surface area contributed by atoms with Gasteiger partial charge in [0.15, 0.2) is 0 Å². The number of fused-ring (bicyclic) bond motifs is 1. The second-order valence-electron chi connectivity index (χ2n) is 4.38. The first-order chi connectivity index (χ1) is 8.95. The van der Waals surface area contributed by atoms with Crippen molar-refractivity contribution >= 4 is 40.1 Å². The van der Waals surface area contributed by atoms with E-state index in [0.29, 0.717) is 10.8 Å². The van der Waals surface area contributed by atoms with E-state index in [0.717, 1.165) is 11.0 Å². The first kappa shape index (κ1) is 14.2. The van der Waals surface area contributed by atoms with Gasteiger partial charge in [0.25, 0.3) is 0 Å². The lowest BCUT2D eigenvalue weighted by Gasteiger charge is -2.17. The van der Waals surface area contributed by atoms with Gasteiger partial charge in [0.1, 0.15) is 11.9 Å². The van der Waals surface area contributed by atoms with E-state index in [1.54, 1.807) is 19.2 Å². The molecule has 0 aliphatic carbocycles. The van der Waals surface area contributed by atoms with Gasteiger partial charge in [-0.1, -0.05) is 11.6 Å². The van der Waals surface area contributed by atoms with E-state index < -0.39 is 6.04 Å². The van der Waals surface area contributed by atoms with Crippen molar-refractivity contribution in [2.75, 3.05) is 7.05 Å². The van der Waals surface area contributed by atoms with Crippen molar-refractivity contribution in [3.8, 4) is 0 Å². The highest BCUT2D eigenvalue weighted by atomic mass is 35.5. The zero-order valence-corrected chi connectivity index (χ0v) is 12.5. The molecule has 2 unspecified atom stereocenters. The molecule has 102 valence electrons. The van der Waals surface area contributed by atoms with Crippen molar-refractivity contribution in [2.45, 2.75) is 25.3 Å². The molecular formula is C13H15Cl2N3O. The molecule has 4 nitrogen and oxygen atoms in total. The number of imidazole rings is 1. The summed E-state index contributed by atoms with van der Waals surface area (Å²) in [6.45, 7) is 3.64. The van der Waals surface area contributed by atoms with Crippen LogP contribution in [0.15, 0.2) is 18.2 Å². The van der Waals surface area contributed by atoms with Crippen LogP contribution in [0.3, 0.4) is 0 Å². The summed E-state index contributed by atoms with van der Waals surface area (Å²) in [4.78, 5) is 16.4. The fourth-order valence-electron chi connectivity index (χ4n) is 2.10. The van der Waals surface area contributed by atoms with Crippen LogP contribution in [0.1, 0.15) is 31.1 Å². The number of carbonyl (C=O) groups excluding carboxylic acids is 1. The number of benzene rings is 1. The molecule has 0 spiro atoms. The van der Waals surface area contributed by atoms with E-state index in [1.807, 2.05) is 24.5 Å². The minimum Gasteiger partial charge on any atom is -0.357 e. The van der Waals surface area contributed by atoms with E-state index in [4.69, 9.17) is 23.2 Å². The molecule has 1 aromatic heterocycles. The van der Waals surface area contributed by atoms with Crippen LogP contribution in [-0.2, 0) is 4.79 Å². The van der Waals surface area contributed by atoms with E-state index >= 15 is 0 Å². The molecule has 6 heteroatoms. The van der Waals surface area contributed by atoms with Crippen LogP contribution < -0.4 is 5.32 Å². The fourth-order valence-corrected chi connectivity index (χ4v) is 2.42. The molecule has 0 saturated heterocycles. The molecule has 1 heterocycles. The van der Waals surface area contributed by atoms with E-state index in [9.17, 15) is 4.79 Å². The van der Waals surface area contributed by atoms with Gasteiger partial charge in [0, 0.05) is 12.1 Å². The molecule has 19 heavy (non-hydrogen) atoms. The maximum atomic E-state index is 11.9. The van der Waals surface area contributed by atoms with Crippen molar-refractivity contribution in [1.82, 2.24) is 14.9 Å². The van der Waals surface area contributed by atoms with Gasteiger partial charge in [-0.15, -0.1) is 11.6 Å². The number of rotatable bonds is 3. The van der Waals surface area contributed by atoms with Crippen LogP contribution in [0.5, 0.6) is 0 Å². The summed E-state index contributed by atoms with van der Waals surface area (Å²) in [7, 11) is 1.61. The van der Waals surface area contributed by atoms with Gasteiger partial charge < -0.3 is 9.88 Å². The van der Waals surface area contributed by atoms with Crippen LogP contribution in [-0.4, -0.2) is 22.5 Å². The molecule has 0 saturated carbocycles. The number of amides is 1. The highest BCUT2D eigenvalue weighted by Gasteiger charge is 2.23. The Morgan fingerprint density at radius 1 is 1.42 bits per heavy atom. The van der Waals surface area contributed by atoms with E-state index in [1.165, 1.54) is 0 Å². The van der Waals surface area contributed by atoms with Crippen LogP contribution in [0, 0.1) is 0 Å². The normalized spacial score (nSPS) is 14.4. The van der Waals surface area contributed by atoms with Crippen LogP contribution in [0.2, 0.25) is 5.02 Å². The summed E-state index contributed by atoms with van der Waals surface area (Å²) in [5.74, 6) is 0.563. The number of halogens is 2. The summed E-state index contributed by atoms with van der Waals surface area (Å²) >= 11 is 12.2. The number of aromatic nitrogens is 2. The lowest BCUT2D eigenvalue weighted by atomic mass is 10.2. The summed E-state index contributed by atoms with van der Waals surface area (Å²) in [5.41, 5.74) is 1.59. The summed E-state index contributed by atoms with van der Waals surface area (Å²) in [6, 6.07) is 5.00. The number of hydrogen-bond donors (Lipinski definition) is 1. The second-order valence-corrected chi connectivity index (χ2v) is 5.47. The standard InChI is InChI=1S/C13H15Cl2N3O/c1-7(14)12-17-10-5-4-9(15)6-11(10)18(12)8(2)13(19)16-3/h4-8H,1-3H3,(H,16,19). The zero-order chi connectivity index (χ0) is 14.2. The molecule has 0 radical (unpaired) electrons. The molecule has 0 bridgehead atoms. The minimum atomic E-state index is -0.398. The Balaban J connectivity index is 2.70. The number of nitrogens with zero attached hydrogens (tertiary/aromatic N) is 2. The van der Waals surface area contributed by atoms with Gasteiger partial charge in [0.05, 0.1) is 16.4 Å². The molecule has 1 aromatic carbocycles. The zero-order valence-electron chi connectivity index (χ0n) is 10.9. The third-order valence-corrected chi connectivity index (χ3v) is 3.48. The van der Waals surface area contributed by atoms with Crippen molar-refractivity contribution in [3.63, 3.8) is 0 Å². The average Bonchev–Trinajstić information content (AvgIpc) is 2.75. The molecule has 2 atom stereocenters. The van der Waals surface area contributed by atoms with Gasteiger partial charge in [0.2, 0.25) is 5.91 Å². The molecular weight excluding hydrogens is 285 g/mol. The summed E-state index contributed by atoms with van der Waals surface area (Å²) in [5, 5.41) is 2.94. The Hall–Kier alpha value is -1.26. The first-order valence-corrected chi connectivity index (χ1v) is 6.80. The third kappa shape index (κ3) is 2.55. The Kier molecular flexibility index (Phi) is 4.02. The second kappa shape index (κ2) is 5.39. The highest BCUT2D eigenvalue weighted by Crippen LogP contribution is 2.29. The topological polar surface area (TPSA) is 46.9 Å². The van der Waals surface area contributed by atoms with Crippen molar-refractivity contribution in [2.24, 2.45) is 0 Å². The average molecular weight is 300 g/mol. The Morgan fingerprint density at radius 2 is 2.11 bits per heavy atom. The number of nitrogens with one attached hydrogen (secondary N) is 1. The molecule has 1 N–H and O–H groups in total. The summed E-state index contributed by atoms with van der Waals surface area (Å²) < 4.78 is 1.83. The predicted molar refractivity (Wildman–Crippen MR) is 77.8 cm³/mol. The van der Waals surface area contributed by atoms with Gasteiger partial charge >= 0.3 is 0 Å². The Morgan fingerprint density at radius 3 is 2.68 bits per heavy atom. The molecule has 0 fully saturated rings. The van der Waals surface area contributed by atoms with Gasteiger partial charge in [-0.05, 0) is 32.0 Å². The van der Waals surface area contributed by atoms with Gasteiger partial charge in [-0.25, -0.2) is 4.98 Å². The van der Waals surface area contributed by atoms with Crippen molar-refractivity contribution in [1.29, 1.82) is 0 Å². The maximum absolute atomic E-state index is 11.9. The largest absolute Gasteiger partial charge is 0.357 e. The Labute approximate surface area is 121 Å². The minimum absolute atomic E-state index is 0.0992. The summed E-state index contributed by atoms with van der Waals surface area (Å²) in [6.07, 6.45) is 0. The maximum Gasteiger partial charge on any atom is 0.242 e. The van der Waals surface area contributed by atoms with Crippen LogP contribution >= 0.6 is 23.2 Å². The number of likely N-dealkylation sites (N-methyl/N-ethyl adjacent to an activating group) is 1. The number of carbonyl (C=O) groups is 1. The number of hydrogen-bond acceptors (Lipinski definition) is 2. The lowest BCUT2D eigenvalue weighted by Crippen LogP contribution is -2.28. The molecule has 0 aliphatic rings. The monoisotopic (exact) mass is 299 g/mol.